The summed E-state index contributed by atoms with van der Waals surface area (Å²) in [6, 6.07) is 10.6. The highest BCUT2D eigenvalue weighted by Gasteiger charge is 2.13. The summed E-state index contributed by atoms with van der Waals surface area (Å²) in [4.78, 5) is 23.7. The van der Waals surface area contributed by atoms with Crippen LogP contribution in [0.5, 0.6) is 0 Å². The van der Waals surface area contributed by atoms with Crippen molar-refractivity contribution >= 4 is 29.3 Å². The van der Waals surface area contributed by atoms with Gasteiger partial charge in [0.2, 0.25) is 5.91 Å². The molecule has 0 radical (unpaired) electrons. The highest BCUT2D eigenvalue weighted by Crippen LogP contribution is 2.22. The lowest BCUT2D eigenvalue weighted by molar-refractivity contribution is -0.118. The van der Waals surface area contributed by atoms with Gasteiger partial charge in [0.05, 0.1) is 12.0 Å². The molecule has 5 nitrogen and oxygen atoms in total. The van der Waals surface area contributed by atoms with Gasteiger partial charge in [0.1, 0.15) is 0 Å². The van der Waals surface area contributed by atoms with Crippen molar-refractivity contribution in [1.29, 1.82) is 0 Å². The standard InChI is InChI=1S/C18H22N2O3S/c1-18(2,3)24-12-16(21)19-11-13-6-8-14(9-7-13)20-17(22)15-5-4-10-23-15/h4-10H,11-12H2,1-3H3,(H,19,21)(H,20,22). The summed E-state index contributed by atoms with van der Waals surface area (Å²) in [5.41, 5.74) is 1.65. The number of rotatable bonds is 6. The van der Waals surface area contributed by atoms with E-state index in [1.54, 1.807) is 36.0 Å². The van der Waals surface area contributed by atoms with Crippen molar-refractivity contribution in [3.05, 3.63) is 54.0 Å². The molecule has 0 saturated carbocycles. The van der Waals surface area contributed by atoms with Crippen molar-refractivity contribution in [2.45, 2.75) is 32.1 Å². The Morgan fingerprint density at radius 1 is 1.12 bits per heavy atom. The maximum atomic E-state index is 11.9. The molecular formula is C18H22N2O3S. The normalized spacial score (nSPS) is 11.1. The van der Waals surface area contributed by atoms with E-state index in [-0.39, 0.29) is 22.3 Å². The number of amides is 2. The summed E-state index contributed by atoms with van der Waals surface area (Å²) in [7, 11) is 0. The van der Waals surface area contributed by atoms with E-state index in [1.165, 1.54) is 6.26 Å². The van der Waals surface area contributed by atoms with Gasteiger partial charge in [-0.3, -0.25) is 9.59 Å². The highest BCUT2D eigenvalue weighted by molar-refractivity contribution is 8.01. The van der Waals surface area contributed by atoms with E-state index in [4.69, 9.17) is 4.42 Å². The molecule has 2 amide bonds. The van der Waals surface area contributed by atoms with Crippen LogP contribution in [0.3, 0.4) is 0 Å². The second-order valence-electron chi connectivity index (χ2n) is 6.31. The Kier molecular flexibility index (Phi) is 6.09. The zero-order valence-electron chi connectivity index (χ0n) is 14.1. The van der Waals surface area contributed by atoms with E-state index in [9.17, 15) is 9.59 Å². The van der Waals surface area contributed by atoms with Gasteiger partial charge >= 0.3 is 0 Å². The number of carbonyl (C=O) groups is 2. The fourth-order valence-electron chi connectivity index (χ4n) is 1.84. The molecule has 128 valence electrons. The molecule has 0 spiro atoms. The minimum atomic E-state index is -0.291. The maximum Gasteiger partial charge on any atom is 0.291 e. The molecule has 0 aliphatic carbocycles. The molecule has 6 heteroatoms. The molecule has 1 aromatic carbocycles. The molecule has 2 rings (SSSR count). The van der Waals surface area contributed by atoms with E-state index in [0.717, 1.165) is 5.56 Å². The number of carbonyl (C=O) groups excluding carboxylic acids is 2. The van der Waals surface area contributed by atoms with Crippen LogP contribution < -0.4 is 10.6 Å². The fraction of sp³-hybridized carbons (Fsp3) is 0.333. The van der Waals surface area contributed by atoms with Gasteiger partial charge in [0.25, 0.3) is 5.91 Å². The first-order chi connectivity index (χ1) is 11.3. The molecule has 0 aliphatic rings. The molecule has 0 bridgehead atoms. The number of thioether (sulfide) groups is 1. The fourth-order valence-corrected chi connectivity index (χ4v) is 2.51. The van der Waals surface area contributed by atoms with Gasteiger partial charge < -0.3 is 15.1 Å². The maximum absolute atomic E-state index is 11.9. The first-order valence-electron chi connectivity index (χ1n) is 7.68. The van der Waals surface area contributed by atoms with Crippen molar-refractivity contribution in [2.24, 2.45) is 0 Å². The van der Waals surface area contributed by atoms with Crippen molar-refractivity contribution in [3.63, 3.8) is 0 Å². The Hall–Kier alpha value is -2.21. The molecule has 2 N–H and O–H groups in total. The third-order valence-corrected chi connectivity index (χ3v) is 4.36. The van der Waals surface area contributed by atoms with Gasteiger partial charge in [-0.25, -0.2) is 0 Å². The second-order valence-corrected chi connectivity index (χ2v) is 8.11. The number of anilines is 1. The summed E-state index contributed by atoms with van der Waals surface area (Å²) >= 11 is 1.62. The molecule has 0 saturated heterocycles. The average molecular weight is 346 g/mol. The predicted molar refractivity (Wildman–Crippen MR) is 97.2 cm³/mol. The van der Waals surface area contributed by atoms with Crippen LogP contribution in [0, 0.1) is 0 Å². The van der Waals surface area contributed by atoms with Crippen molar-refractivity contribution in [2.75, 3.05) is 11.1 Å². The Balaban J connectivity index is 1.79. The van der Waals surface area contributed by atoms with Crippen molar-refractivity contribution in [1.82, 2.24) is 5.32 Å². The minimum absolute atomic E-state index is 0.0186. The first-order valence-corrected chi connectivity index (χ1v) is 8.66. The summed E-state index contributed by atoms with van der Waals surface area (Å²) in [6.07, 6.45) is 1.46. The van der Waals surface area contributed by atoms with Crippen LogP contribution in [0.1, 0.15) is 36.9 Å². The number of hydrogen-bond acceptors (Lipinski definition) is 4. The van der Waals surface area contributed by atoms with E-state index in [2.05, 4.69) is 31.4 Å². The molecular weight excluding hydrogens is 324 g/mol. The van der Waals surface area contributed by atoms with Crippen LogP contribution in [0.15, 0.2) is 47.1 Å². The molecule has 0 aliphatic heterocycles. The van der Waals surface area contributed by atoms with Crippen LogP contribution in [0.25, 0.3) is 0 Å². The molecule has 0 atom stereocenters. The number of furan rings is 1. The zero-order chi connectivity index (χ0) is 17.6. The quantitative estimate of drug-likeness (QED) is 0.837. The van der Waals surface area contributed by atoms with Crippen molar-refractivity contribution < 1.29 is 14.0 Å². The lowest BCUT2D eigenvalue weighted by atomic mass is 10.2. The van der Waals surface area contributed by atoms with Gasteiger partial charge in [-0.2, -0.15) is 0 Å². The summed E-state index contributed by atoms with van der Waals surface area (Å²) < 4.78 is 5.12. The number of hydrogen-bond donors (Lipinski definition) is 2. The lowest BCUT2D eigenvalue weighted by Crippen LogP contribution is -2.26. The van der Waals surface area contributed by atoms with E-state index in [0.29, 0.717) is 18.0 Å². The van der Waals surface area contributed by atoms with E-state index in [1.807, 2.05) is 12.1 Å². The Labute approximate surface area is 146 Å². The molecule has 1 aromatic heterocycles. The molecule has 1 heterocycles. The van der Waals surface area contributed by atoms with Gasteiger partial charge in [-0.15, -0.1) is 11.8 Å². The Bertz CT molecular complexity index is 673. The SMILES string of the molecule is CC(C)(C)SCC(=O)NCc1ccc(NC(=O)c2ccco2)cc1. The van der Waals surface area contributed by atoms with E-state index < -0.39 is 0 Å². The first kappa shape index (κ1) is 18.1. The van der Waals surface area contributed by atoms with Crippen molar-refractivity contribution in [3.8, 4) is 0 Å². The monoisotopic (exact) mass is 346 g/mol. The molecule has 24 heavy (non-hydrogen) atoms. The third-order valence-electron chi connectivity index (χ3n) is 3.08. The molecule has 0 fully saturated rings. The van der Waals surface area contributed by atoms with E-state index >= 15 is 0 Å². The van der Waals surface area contributed by atoms with Crippen LogP contribution in [-0.2, 0) is 11.3 Å². The van der Waals surface area contributed by atoms with Gasteiger partial charge in [0.15, 0.2) is 5.76 Å². The zero-order valence-corrected chi connectivity index (χ0v) is 14.9. The van der Waals surface area contributed by atoms with Crippen LogP contribution in [0.2, 0.25) is 0 Å². The topological polar surface area (TPSA) is 71.3 Å². The second kappa shape index (κ2) is 8.06. The van der Waals surface area contributed by atoms with Crippen LogP contribution in [0.4, 0.5) is 5.69 Å². The summed E-state index contributed by atoms with van der Waals surface area (Å²) in [6.45, 7) is 6.72. The van der Waals surface area contributed by atoms with Crippen LogP contribution >= 0.6 is 11.8 Å². The molecule has 0 unspecified atom stereocenters. The highest BCUT2D eigenvalue weighted by atomic mass is 32.2. The lowest BCUT2D eigenvalue weighted by Gasteiger charge is -2.17. The number of benzene rings is 1. The van der Waals surface area contributed by atoms with Gasteiger partial charge in [0, 0.05) is 17.0 Å². The van der Waals surface area contributed by atoms with Gasteiger partial charge in [-0.1, -0.05) is 32.9 Å². The Morgan fingerprint density at radius 3 is 2.42 bits per heavy atom. The number of nitrogens with one attached hydrogen (secondary N) is 2. The smallest absolute Gasteiger partial charge is 0.291 e. The predicted octanol–water partition coefficient (Wildman–Crippen LogP) is 3.68. The average Bonchev–Trinajstić information content (AvgIpc) is 3.06. The summed E-state index contributed by atoms with van der Waals surface area (Å²) in [5, 5.41) is 5.64. The third kappa shape index (κ3) is 6.12. The van der Waals surface area contributed by atoms with Crippen LogP contribution in [-0.4, -0.2) is 22.3 Å². The summed E-state index contributed by atoms with van der Waals surface area (Å²) in [5.74, 6) is 0.439. The minimum Gasteiger partial charge on any atom is -0.459 e. The largest absolute Gasteiger partial charge is 0.459 e. The molecule has 2 aromatic rings. The van der Waals surface area contributed by atoms with Gasteiger partial charge in [-0.05, 0) is 29.8 Å². The Morgan fingerprint density at radius 2 is 1.83 bits per heavy atom.